The van der Waals surface area contributed by atoms with Crippen LogP contribution in [0.2, 0.25) is 5.02 Å². The number of rotatable bonds is 6. The number of halogens is 1. The van der Waals surface area contributed by atoms with Crippen molar-refractivity contribution in [3.8, 4) is 0 Å². The number of carbonyl (C=O) groups is 2. The van der Waals surface area contributed by atoms with E-state index >= 15 is 0 Å². The fraction of sp³-hybridized carbons (Fsp3) is 0.417. The van der Waals surface area contributed by atoms with Crippen molar-refractivity contribution >= 4 is 45.9 Å². The van der Waals surface area contributed by atoms with E-state index in [2.05, 4.69) is 26.1 Å². The lowest BCUT2D eigenvalue weighted by Gasteiger charge is -2.36. The quantitative estimate of drug-likeness (QED) is 0.414. The Kier molecular flexibility index (Phi) is 7.04. The van der Waals surface area contributed by atoms with Gasteiger partial charge in [0.2, 0.25) is 5.91 Å². The summed E-state index contributed by atoms with van der Waals surface area (Å²) in [6.45, 7) is 6.84. The second-order valence-electron chi connectivity index (χ2n) is 8.36. The van der Waals surface area contributed by atoms with Crippen molar-refractivity contribution in [3.63, 3.8) is 0 Å². The van der Waals surface area contributed by atoms with Crippen LogP contribution in [0.5, 0.6) is 0 Å². The number of esters is 1. The van der Waals surface area contributed by atoms with Gasteiger partial charge in [0.05, 0.1) is 12.7 Å². The van der Waals surface area contributed by atoms with Gasteiger partial charge in [-0.05, 0) is 59.9 Å². The van der Waals surface area contributed by atoms with Gasteiger partial charge in [-0.3, -0.25) is 4.79 Å². The number of anilines is 1. The van der Waals surface area contributed by atoms with Crippen molar-refractivity contribution in [2.45, 2.75) is 46.5 Å². The molecule has 0 unspecified atom stereocenters. The summed E-state index contributed by atoms with van der Waals surface area (Å²) in [5, 5.41) is 4.12. The van der Waals surface area contributed by atoms with Crippen molar-refractivity contribution in [2.24, 2.45) is 11.3 Å². The zero-order chi connectivity index (χ0) is 21.9. The Hall–Kier alpha value is -2.11. The van der Waals surface area contributed by atoms with E-state index in [-0.39, 0.29) is 11.3 Å². The molecule has 1 aromatic carbocycles. The molecule has 1 aromatic heterocycles. The minimum atomic E-state index is -0.391. The van der Waals surface area contributed by atoms with E-state index in [1.54, 1.807) is 18.2 Å². The molecule has 0 fully saturated rings. The summed E-state index contributed by atoms with van der Waals surface area (Å²) < 4.78 is 5.02. The van der Waals surface area contributed by atoms with E-state index in [9.17, 15) is 9.59 Å². The highest BCUT2D eigenvalue weighted by Crippen LogP contribution is 2.45. The summed E-state index contributed by atoms with van der Waals surface area (Å²) in [7, 11) is 1.38. The molecule has 1 atom stereocenters. The average Bonchev–Trinajstić information content (AvgIpc) is 3.09. The maximum absolute atomic E-state index is 12.5. The second-order valence-corrected chi connectivity index (χ2v) is 9.90. The third kappa shape index (κ3) is 4.96. The Balaban J connectivity index is 1.83. The Morgan fingerprint density at radius 1 is 1.30 bits per heavy atom. The molecule has 1 heterocycles. The van der Waals surface area contributed by atoms with Crippen LogP contribution in [-0.2, 0) is 22.4 Å². The highest BCUT2D eigenvalue weighted by molar-refractivity contribution is 7.17. The first-order chi connectivity index (χ1) is 14.2. The van der Waals surface area contributed by atoms with Gasteiger partial charge in [0, 0.05) is 16.0 Å². The molecular weight excluding hydrogens is 418 g/mol. The lowest BCUT2D eigenvalue weighted by atomic mass is 9.69. The van der Waals surface area contributed by atoms with E-state index in [4.69, 9.17) is 16.3 Å². The summed E-state index contributed by atoms with van der Waals surface area (Å²) in [6.07, 6.45) is 7.10. The van der Waals surface area contributed by atoms with Crippen molar-refractivity contribution in [3.05, 3.63) is 56.9 Å². The Morgan fingerprint density at radius 3 is 2.63 bits per heavy atom. The normalized spacial score (nSPS) is 16.4. The number of hydrogen-bond acceptors (Lipinski definition) is 4. The summed E-state index contributed by atoms with van der Waals surface area (Å²) in [5.41, 5.74) is 2.67. The monoisotopic (exact) mass is 445 g/mol. The molecule has 0 radical (unpaired) electrons. The molecule has 2 aromatic rings. The molecule has 1 N–H and O–H groups in total. The van der Waals surface area contributed by atoms with Crippen LogP contribution in [0.1, 0.15) is 60.0 Å². The third-order valence-corrected chi connectivity index (χ3v) is 7.63. The first-order valence-corrected chi connectivity index (χ1v) is 11.4. The predicted molar refractivity (Wildman–Crippen MR) is 124 cm³/mol. The lowest BCUT2D eigenvalue weighted by Crippen LogP contribution is -2.28. The molecule has 1 aliphatic rings. The van der Waals surface area contributed by atoms with Gasteiger partial charge in [-0.25, -0.2) is 4.79 Å². The number of thiophene rings is 1. The molecule has 4 nitrogen and oxygen atoms in total. The van der Waals surface area contributed by atoms with Crippen LogP contribution in [0.25, 0.3) is 6.08 Å². The molecule has 160 valence electrons. The van der Waals surface area contributed by atoms with E-state index in [1.165, 1.54) is 29.4 Å². The lowest BCUT2D eigenvalue weighted by molar-refractivity contribution is -0.111. The minimum Gasteiger partial charge on any atom is -0.465 e. The van der Waals surface area contributed by atoms with Crippen molar-refractivity contribution in [1.82, 2.24) is 0 Å². The van der Waals surface area contributed by atoms with Crippen LogP contribution >= 0.6 is 22.9 Å². The standard InChI is InChI=1S/C24H28ClNO3S/c1-5-24(2,3)16-9-12-18-19(14-16)30-22(21(18)23(28)29-4)26-20(27)13-8-15-6-10-17(25)11-7-15/h6-8,10-11,13,16H,5,9,12,14H2,1-4H3,(H,26,27)/b13-8-/t16-/m1/s1. The number of methoxy groups -OCH3 is 1. The van der Waals surface area contributed by atoms with Crippen molar-refractivity contribution < 1.29 is 14.3 Å². The summed E-state index contributed by atoms with van der Waals surface area (Å²) >= 11 is 7.40. The van der Waals surface area contributed by atoms with Gasteiger partial charge in [-0.1, -0.05) is 50.9 Å². The molecule has 3 rings (SSSR count). The van der Waals surface area contributed by atoms with Gasteiger partial charge in [0.25, 0.3) is 0 Å². The largest absolute Gasteiger partial charge is 0.465 e. The summed E-state index contributed by atoms with van der Waals surface area (Å²) in [4.78, 5) is 26.2. The molecule has 0 spiro atoms. The van der Waals surface area contributed by atoms with Crippen LogP contribution < -0.4 is 5.32 Å². The number of amides is 1. The van der Waals surface area contributed by atoms with Gasteiger partial charge in [0.1, 0.15) is 5.00 Å². The highest BCUT2D eigenvalue weighted by Gasteiger charge is 2.35. The first-order valence-electron chi connectivity index (χ1n) is 10.2. The highest BCUT2D eigenvalue weighted by atomic mass is 35.5. The molecule has 0 saturated carbocycles. The smallest absolute Gasteiger partial charge is 0.341 e. The maximum Gasteiger partial charge on any atom is 0.341 e. The van der Waals surface area contributed by atoms with Crippen molar-refractivity contribution in [1.29, 1.82) is 0 Å². The fourth-order valence-corrected chi connectivity index (χ4v) is 5.29. The van der Waals surface area contributed by atoms with Gasteiger partial charge >= 0.3 is 5.97 Å². The predicted octanol–water partition coefficient (Wildman–Crippen LogP) is 6.38. The maximum atomic E-state index is 12.5. The Bertz CT molecular complexity index is 960. The van der Waals surface area contributed by atoms with Gasteiger partial charge < -0.3 is 10.1 Å². The van der Waals surface area contributed by atoms with Gasteiger partial charge in [0.15, 0.2) is 0 Å². The number of carbonyl (C=O) groups excluding carboxylic acids is 2. The molecular formula is C24H28ClNO3S. The summed E-state index contributed by atoms with van der Waals surface area (Å²) in [6, 6.07) is 7.23. The van der Waals surface area contributed by atoms with E-state index in [0.29, 0.717) is 21.5 Å². The van der Waals surface area contributed by atoms with Gasteiger partial charge in [-0.2, -0.15) is 0 Å². The van der Waals surface area contributed by atoms with Crippen LogP contribution in [0, 0.1) is 11.3 Å². The van der Waals surface area contributed by atoms with Gasteiger partial charge in [-0.15, -0.1) is 11.3 Å². The second kappa shape index (κ2) is 9.36. The van der Waals surface area contributed by atoms with Crippen molar-refractivity contribution in [2.75, 3.05) is 12.4 Å². The van der Waals surface area contributed by atoms with E-state index < -0.39 is 5.97 Å². The van der Waals surface area contributed by atoms with Crippen LogP contribution in [0.15, 0.2) is 30.3 Å². The third-order valence-electron chi connectivity index (χ3n) is 6.21. The number of fused-ring (bicyclic) bond motifs is 1. The molecule has 0 bridgehead atoms. The van der Waals surface area contributed by atoms with Crippen LogP contribution in [0.3, 0.4) is 0 Å². The average molecular weight is 446 g/mol. The number of nitrogens with one attached hydrogen (secondary N) is 1. The van der Waals surface area contributed by atoms with E-state index in [1.807, 2.05) is 12.1 Å². The Labute approximate surface area is 187 Å². The zero-order valence-corrected chi connectivity index (χ0v) is 19.5. The van der Waals surface area contributed by atoms with E-state index in [0.717, 1.165) is 36.8 Å². The summed E-state index contributed by atoms with van der Waals surface area (Å²) in [5.74, 6) is -0.107. The number of hydrogen-bond donors (Lipinski definition) is 1. The topological polar surface area (TPSA) is 55.4 Å². The SMILES string of the molecule is CCC(C)(C)[C@@H]1CCc2c(sc(NC(=O)/C=C\c3ccc(Cl)cc3)c2C(=O)OC)C1. The first kappa shape index (κ1) is 22.6. The molecule has 1 amide bonds. The molecule has 30 heavy (non-hydrogen) atoms. The molecule has 0 aliphatic heterocycles. The molecule has 6 heteroatoms. The Morgan fingerprint density at radius 2 is 2.00 bits per heavy atom. The molecule has 0 saturated heterocycles. The number of ether oxygens (including phenoxy) is 1. The minimum absolute atomic E-state index is 0.248. The van der Waals surface area contributed by atoms with Crippen LogP contribution in [-0.4, -0.2) is 19.0 Å². The zero-order valence-electron chi connectivity index (χ0n) is 17.9. The van der Waals surface area contributed by atoms with Crippen LogP contribution in [0.4, 0.5) is 5.00 Å². The molecule has 1 aliphatic carbocycles. The fourth-order valence-electron chi connectivity index (χ4n) is 3.85. The number of benzene rings is 1.